The van der Waals surface area contributed by atoms with E-state index >= 15 is 0 Å². The molecule has 0 unspecified atom stereocenters. The van der Waals surface area contributed by atoms with E-state index in [4.69, 9.17) is 11.6 Å². The van der Waals surface area contributed by atoms with Crippen molar-refractivity contribution in [3.8, 4) is 11.3 Å². The summed E-state index contributed by atoms with van der Waals surface area (Å²) in [5, 5.41) is 0. The molecule has 0 saturated heterocycles. The van der Waals surface area contributed by atoms with Crippen LogP contribution in [0.4, 0.5) is 0 Å². The summed E-state index contributed by atoms with van der Waals surface area (Å²) >= 11 is 8.16. The average Bonchev–Trinajstić information content (AvgIpc) is 3.03. The molecule has 0 amide bonds. The molecular formula is C17H18ClN2S+. The molecule has 0 saturated carbocycles. The van der Waals surface area contributed by atoms with Crippen molar-refractivity contribution in [1.82, 2.24) is 4.40 Å². The van der Waals surface area contributed by atoms with Gasteiger partial charge in [0.1, 0.15) is 11.9 Å². The van der Waals surface area contributed by atoms with Crippen molar-refractivity contribution in [3.63, 3.8) is 0 Å². The summed E-state index contributed by atoms with van der Waals surface area (Å²) in [6.07, 6.45) is 7.31. The van der Waals surface area contributed by atoms with E-state index < -0.39 is 0 Å². The molecule has 21 heavy (non-hydrogen) atoms. The molecule has 2 aromatic heterocycles. The first-order valence-corrected chi connectivity index (χ1v) is 8.81. The van der Waals surface area contributed by atoms with Crippen LogP contribution in [0.15, 0.2) is 30.5 Å². The predicted molar refractivity (Wildman–Crippen MR) is 88.1 cm³/mol. The second kappa shape index (κ2) is 5.15. The highest BCUT2D eigenvalue weighted by Gasteiger charge is 2.27. The summed E-state index contributed by atoms with van der Waals surface area (Å²) in [5.74, 6) is 0. The minimum Gasteiger partial charge on any atom is -0.200 e. The van der Waals surface area contributed by atoms with Gasteiger partial charge < -0.3 is 0 Å². The third-order valence-corrected chi connectivity index (χ3v) is 5.87. The zero-order valence-electron chi connectivity index (χ0n) is 12.1. The molecule has 0 aliphatic heterocycles. The predicted octanol–water partition coefficient (Wildman–Crippen LogP) is 4.34. The first kappa shape index (κ1) is 13.4. The molecule has 0 atom stereocenters. The molecule has 0 spiro atoms. The Morgan fingerprint density at radius 1 is 1.19 bits per heavy atom. The number of aromatic nitrogens is 2. The van der Waals surface area contributed by atoms with Crippen molar-refractivity contribution in [2.24, 2.45) is 0 Å². The molecule has 1 aromatic carbocycles. The summed E-state index contributed by atoms with van der Waals surface area (Å²) in [7, 11) is 0. The number of rotatable bonds is 2. The minimum absolute atomic E-state index is 0.499. The Morgan fingerprint density at radius 3 is 2.71 bits per heavy atom. The SMILES string of the molecule is Cc1ccc(-c2cn3c4c(sc3[n+]2CCl)CCCC4)cc1. The van der Waals surface area contributed by atoms with E-state index in [0.717, 1.165) is 0 Å². The number of halogens is 1. The molecule has 108 valence electrons. The Balaban J connectivity index is 1.93. The van der Waals surface area contributed by atoms with Crippen LogP contribution in [-0.2, 0) is 18.8 Å². The third-order valence-electron chi connectivity index (χ3n) is 4.34. The van der Waals surface area contributed by atoms with E-state index in [0.29, 0.717) is 6.00 Å². The van der Waals surface area contributed by atoms with Gasteiger partial charge in [-0.2, -0.15) is 8.97 Å². The summed E-state index contributed by atoms with van der Waals surface area (Å²) in [6.45, 7) is 2.12. The smallest absolute Gasteiger partial charge is 0.200 e. The van der Waals surface area contributed by atoms with Gasteiger partial charge in [0.25, 0.3) is 0 Å². The molecule has 1 aliphatic rings. The molecule has 2 heterocycles. The fourth-order valence-electron chi connectivity index (χ4n) is 3.18. The molecule has 4 rings (SSSR count). The van der Waals surface area contributed by atoms with Crippen molar-refractivity contribution >= 4 is 27.9 Å². The molecule has 1 aliphatic carbocycles. The number of thiazole rings is 1. The van der Waals surface area contributed by atoms with Crippen molar-refractivity contribution in [3.05, 3.63) is 46.6 Å². The first-order chi connectivity index (χ1) is 10.3. The topological polar surface area (TPSA) is 8.29 Å². The van der Waals surface area contributed by atoms with E-state index in [1.165, 1.54) is 53.2 Å². The van der Waals surface area contributed by atoms with Crippen LogP contribution in [0.1, 0.15) is 29.0 Å². The van der Waals surface area contributed by atoms with E-state index in [2.05, 4.69) is 46.4 Å². The van der Waals surface area contributed by atoms with Crippen molar-refractivity contribution in [2.75, 3.05) is 0 Å². The summed E-state index contributed by atoms with van der Waals surface area (Å²) in [4.78, 5) is 2.82. The van der Waals surface area contributed by atoms with Crippen LogP contribution >= 0.6 is 22.9 Å². The summed E-state index contributed by atoms with van der Waals surface area (Å²) < 4.78 is 4.60. The fourth-order valence-corrected chi connectivity index (χ4v) is 4.82. The lowest BCUT2D eigenvalue weighted by Crippen LogP contribution is -2.31. The van der Waals surface area contributed by atoms with Crippen molar-refractivity contribution in [1.29, 1.82) is 0 Å². The van der Waals surface area contributed by atoms with Gasteiger partial charge in [0.15, 0.2) is 11.7 Å². The van der Waals surface area contributed by atoms with Gasteiger partial charge >= 0.3 is 4.96 Å². The highest BCUT2D eigenvalue weighted by Crippen LogP contribution is 2.31. The van der Waals surface area contributed by atoms with Crippen molar-refractivity contribution in [2.45, 2.75) is 38.6 Å². The highest BCUT2D eigenvalue weighted by atomic mass is 35.5. The van der Waals surface area contributed by atoms with Crippen LogP contribution in [0, 0.1) is 6.92 Å². The van der Waals surface area contributed by atoms with Crippen LogP contribution in [0.5, 0.6) is 0 Å². The lowest BCUT2D eigenvalue weighted by Gasteiger charge is -2.06. The zero-order valence-corrected chi connectivity index (χ0v) is 13.7. The largest absolute Gasteiger partial charge is 0.347 e. The molecule has 0 bridgehead atoms. The maximum Gasteiger partial charge on any atom is 0.347 e. The van der Waals surface area contributed by atoms with Gasteiger partial charge in [-0.1, -0.05) is 52.8 Å². The van der Waals surface area contributed by atoms with Crippen LogP contribution in [0.25, 0.3) is 16.2 Å². The zero-order chi connectivity index (χ0) is 14.4. The Labute approximate surface area is 133 Å². The monoisotopic (exact) mass is 317 g/mol. The van der Waals surface area contributed by atoms with Gasteiger partial charge in [0.05, 0.1) is 4.88 Å². The molecule has 2 nitrogen and oxygen atoms in total. The van der Waals surface area contributed by atoms with Crippen molar-refractivity contribution < 1.29 is 4.57 Å². The quantitative estimate of drug-likeness (QED) is 0.491. The fraction of sp³-hybridized carbons (Fsp3) is 0.353. The number of nitrogens with zero attached hydrogens (tertiary/aromatic N) is 2. The second-order valence-electron chi connectivity index (χ2n) is 5.76. The minimum atomic E-state index is 0.499. The molecule has 0 N–H and O–H groups in total. The van der Waals surface area contributed by atoms with Crippen LogP contribution in [0.3, 0.4) is 0 Å². The lowest BCUT2D eigenvalue weighted by atomic mass is 10.0. The maximum atomic E-state index is 6.25. The normalized spacial score (nSPS) is 14.6. The average molecular weight is 318 g/mol. The second-order valence-corrected chi connectivity index (χ2v) is 7.06. The van der Waals surface area contributed by atoms with Gasteiger partial charge in [-0.05, 0) is 26.2 Å². The van der Waals surface area contributed by atoms with Gasteiger partial charge in [0, 0.05) is 12.0 Å². The molecule has 3 aromatic rings. The number of alkyl halides is 1. The number of aryl methyl sites for hydroxylation is 3. The van der Waals surface area contributed by atoms with Gasteiger partial charge in [-0.3, -0.25) is 0 Å². The standard InChI is InChI=1S/C17H18ClN2S/c1-12-6-8-13(9-7-12)15-10-19-14-4-2-3-5-16(14)21-17(19)20(15)11-18/h6-10H,2-5,11H2,1H3/q+1. The van der Waals surface area contributed by atoms with Gasteiger partial charge in [-0.15, -0.1) is 0 Å². The molecule has 0 radical (unpaired) electrons. The van der Waals surface area contributed by atoms with E-state index in [9.17, 15) is 0 Å². The Morgan fingerprint density at radius 2 is 1.95 bits per heavy atom. The Hall–Kier alpha value is -1.32. The number of benzene rings is 1. The maximum absolute atomic E-state index is 6.25. The first-order valence-electron chi connectivity index (χ1n) is 7.46. The third kappa shape index (κ3) is 2.11. The van der Waals surface area contributed by atoms with E-state index in [1.807, 2.05) is 11.3 Å². The van der Waals surface area contributed by atoms with E-state index in [1.54, 1.807) is 4.88 Å². The lowest BCUT2D eigenvalue weighted by molar-refractivity contribution is -0.638. The van der Waals surface area contributed by atoms with Crippen LogP contribution in [0.2, 0.25) is 0 Å². The Kier molecular flexibility index (Phi) is 3.27. The summed E-state index contributed by atoms with van der Waals surface area (Å²) in [6, 6.07) is 9.19. The Bertz CT molecular complexity index is 798. The number of fused-ring (bicyclic) bond motifs is 3. The van der Waals surface area contributed by atoms with Crippen LogP contribution in [-0.4, -0.2) is 4.40 Å². The molecule has 0 fully saturated rings. The highest BCUT2D eigenvalue weighted by molar-refractivity contribution is 7.16. The summed E-state index contributed by atoms with van der Waals surface area (Å²) in [5.41, 5.74) is 5.24. The number of hydrogen-bond donors (Lipinski definition) is 0. The number of hydrogen-bond acceptors (Lipinski definition) is 1. The molecule has 4 heteroatoms. The number of imidazole rings is 1. The van der Waals surface area contributed by atoms with Crippen LogP contribution < -0.4 is 4.57 Å². The van der Waals surface area contributed by atoms with E-state index in [-0.39, 0.29) is 0 Å². The van der Waals surface area contributed by atoms with Gasteiger partial charge in [-0.25, -0.2) is 0 Å². The van der Waals surface area contributed by atoms with Gasteiger partial charge in [0.2, 0.25) is 0 Å². The molecular weight excluding hydrogens is 300 g/mol.